The second-order valence-electron chi connectivity index (χ2n) is 5.37. The molecule has 0 unspecified atom stereocenters. The maximum atomic E-state index is 5.68. The van der Waals surface area contributed by atoms with E-state index in [9.17, 15) is 0 Å². The van der Waals surface area contributed by atoms with Gasteiger partial charge >= 0.3 is 0 Å². The van der Waals surface area contributed by atoms with Gasteiger partial charge in [-0.15, -0.1) is 0 Å². The van der Waals surface area contributed by atoms with Gasteiger partial charge in [-0.2, -0.15) is 0 Å². The van der Waals surface area contributed by atoms with E-state index >= 15 is 0 Å². The fraction of sp³-hybridized carbons (Fsp3) is 0.438. The number of ether oxygens (including phenoxy) is 1. The Morgan fingerprint density at radius 2 is 2.05 bits per heavy atom. The molecule has 1 heterocycles. The average Bonchev–Trinajstić information content (AvgIpc) is 2.84. The van der Waals surface area contributed by atoms with Crippen molar-refractivity contribution in [1.29, 1.82) is 0 Å². The zero-order valence-electron chi connectivity index (χ0n) is 12.5. The Balaban J connectivity index is 2.11. The number of aromatic nitrogens is 1. The molecule has 0 radical (unpaired) electrons. The maximum Gasteiger partial charge on any atom is 0.226 e. The van der Waals surface area contributed by atoms with Crippen LogP contribution >= 0.6 is 0 Å². The minimum absolute atomic E-state index is 0.153. The highest BCUT2D eigenvalue weighted by Crippen LogP contribution is 2.24. The van der Waals surface area contributed by atoms with Crippen molar-refractivity contribution >= 4 is 0 Å². The van der Waals surface area contributed by atoms with Gasteiger partial charge in [-0.1, -0.05) is 19.9 Å². The Morgan fingerprint density at radius 1 is 1.25 bits per heavy atom. The third-order valence-corrected chi connectivity index (χ3v) is 2.70. The minimum Gasteiger partial charge on any atom is -0.491 e. The molecule has 0 amide bonds. The lowest BCUT2D eigenvalue weighted by molar-refractivity contribution is 0.242. The predicted molar refractivity (Wildman–Crippen MR) is 79.7 cm³/mol. The molecule has 1 N–H and O–H groups in total. The van der Waals surface area contributed by atoms with Crippen molar-refractivity contribution in [1.82, 2.24) is 10.3 Å². The van der Waals surface area contributed by atoms with Gasteiger partial charge in [0.2, 0.25) is 5.89 Å². The van der Waals surface area contributed by atoms with E-state index in [2.05, 4.69) is 24.1 Å². The highest BCUT2D eigenvalue weighted by Gasteiger charge is 2.08. The summed E-state index contributed by atoms with van der Waals surface area (Å²) in [5.74, 6) is 1.46. The van der Waals surface area contributed by atoms with Gasteiger partial charge in [-0.3, -0.25) is 0 Å². The summed E-state index contributed by atoms with van der Waals surface area (Å²) in [5.41, 5.74) is 1.84. The molecule has 0 fully saturated rings. The number of benzene rings is 1. The van der Waals surface area contributed by atoms with Crippen molar-refractivity contribution in [2.75, 3.05) is 0 Å². The van der Waals surface area contributed by atoms with Crippen LogP contribution in [0.1, 0.15) is 33.4 Å². The third-order valence-electron chi connectivity index (χ3n) is 2.70. The molecule has 108 valence electrons. The van der Waals surface area contributed by atoms with Crippen LogP contribution in [0.3, 0.4) is 0 Å². The number of oxazole rings is 1. The van der Waals surface area contributed by atoms with Gasteiger partial charge in [-0.05, 0) is 32.0 Å². The molecule has 0 bridgehead atoms. The lowest BCUT2D eigenvalue weighted by atomic mass is 10.2. The molecular weight excluding hydrogens is 252 g/mol. The first-order valence-electron chi connectivity index (χ1n) is 6.99. The average molecular weight is 274 g/mol. The second-order valence-corrected chi connectivity index (χ2v) is 5.37. The summed E-state index contributed by atoms with van der Waals surface area (Å²) in [6.45, 7) is 8.94. The van der Waals surface area contributed by atoms with Crippen LogP contribution in [-0.2, 0) is 6.54 Å². The van der Waals surface area contributed by atoms with Crippen LogP contribution in [-0.4, -0.2) is 17.1 Å². The fourth-order valence-electron chi connectivity index (χ4n) is 1.80. The summed E-state index contributed by atoms with van der Waals surface area (Å²) in [6, 6.07) is 8.24. The lowest BCUT2D eigenvalue weighted by Gasteiger charge is -2.09. The molecule has 4 heteroatoms. The van der Waals surface area contributed by atoms with Crippen molar-refractivity contribution in [3.63, 3.8) is 0 Å². The standard InChI is InChI=1S/C16H22N2O2/c1-11(2)17-9-14-10-19-16(18-14)13-6-5-7-15(8-13)20-12(3)4/h5-8,10-12,17H,9H2,1-4H3. The van der Waals surface area contributed by atoms with Crippen molar-refractivity contribution in [2.24, 2.45) is 0 Å². The second kappa shape index (κ2) is 6.57. The monoisotopic (exact) mass is 274 g/mol. The van der Waals surface area contributed by atoms with Gasteiger partial charge in [0.15, 0.2) is 0 Å². The van der Waals surface area contributed by atoms with E-state index in [4.69, 9.17) is 9.15 Å². The van der Waals surface area contributed by atoms with E-state index in [0.717, 1.165) is 17.0 Å². The smallest absolute Gasteiger partial charge is 0.226 e. The van der Waals surface area contributed by atoms with Crippen molar-refractivity contribution in [3.8, 4) is 17.2 Å². The van der Waals surface area contributed by atoms with Gasteiger partial charge in [0, 0.05) is 18.2 Å². The molecule has 0 atom stereocenters. The first-order chi connectivity index (χ1) is 9.54. The quantitative estimate of drug-likeness (QED) is 0.874. The molecule has 0 aliphatic carbocycles. The molecule has 2 rings (SSSR count). The number of hydrogen-bond donors (Lipinski definition) is 1. The predicted octanol–water partition coefficient (Wildman–Crippen LogP) is 3.63. The normalized spacial score (nSPS) is 11.3. The van der Waals surface area contributed by atoms with Crippen LogP contribution in [0.4, 0.5) is 0 Å². The van der Waals surface area contributed by atoms with E-state index in [1.807, 2.05) is 38.1 Å². The molecule has 0 aliphatic rings. The van der Waals surface area contributed by atoms with Crippen LogP contribution in [0.2, 0.25) is 0 Å². The molecule has 0 saturated carbocycles. The summed E-state index contributed by atoms with van der Waals surface area (Å²) in [6.07, 6.45) is 1.85. The van der Waals surface area contributed by atoms with Crippen molar-refractivity contribution in [3.05, 3.63) is 36.2 Å². The van der Waals surface area contributed by atoms with Crippen molar-refractivity contribution < 1.29 is 9.15 Å². The molecule has 4 nitrogen and oxygen atoms in total. The van der Waals surface area contributed by atoms with E-state index in [1.54, 1.807) is 6.26 Å². The molecular formula is C16H22N2O2. The Labute approximate surface area is 120 Å². The van der Waals surface area contributed by atoms with Gasteiger partial charge in [0.05, 0.1) is 11.8 Å². The Morgan fingerprint density at radius 3 is 2.75 bits per heavy atom. The summed E-state index contributed by atoms with van der Waals surface area (Å²) < 4.78 is 11.2. The fourth-order valence-corrected chi connectivity index (χ4v) is 1.80. The van der Waals surface area contributed by atoms with Crippen LogP contribution < -0.4 is 10.1 Å². The van der Waals surface area contributed by atoms with Gasteiger partial charge in [0.25, 0.3) is 0 Å². The van der Waals surface area contributed by atoms with E-state index < -0.39 is 0 Å². The van der Waals surface area contributed by atoms with Crippen LogP contribution in [0, 0.1) is 0 Å². The molecule has 0 spiro atoms. The number of nitrogens with zero attached hydrogens (tertiary/aromatic N) is 1. The SMILES string of the molecule is CC(C)NCc1coc(-c2cccc(OC(C)C)c2)n1. The van der Waals surface area contributed by atoms with Crippen LogP contribution in [0.25, 0.3) is 11.5 Å². The lowest BCUT2D eigenvalue weighted by Crippen LogP contribution is -2.21. The van der Waals surface area contributed by atoms with E-state index in [-0.39, 0.29) is 6.10 Å². The van der Waals surface area contributed by atoms with E-state index in [1.165, 1.54) is 0 Å². The largest absolute Gasteiger partial charge is 0.491 e. The Kier molecular flexibility index (Phi) is 4.79. The van der Waals surface area contributed by atoms with Gasteiger partial charge < -0.3 is 14.5 Å². The molecule has 0 aliphatic heterocycles. The first-order valence-corrected chi connectivity index (χ1v) is 6.99. The van der Waals surface area contributed by atoms with Gasteiger partial charge in [0.1, 0.15) is 12.0 Å². The zero-order chi connectivity index (χ0) is 14.5. The summed E-state index contributed by atoms with van der Waals surface area (Å²) >= 11 is 0. The topological polar surface area (TPSA) is 47.3 Å². The van der Waals surface area contributed by atoms with Crippen molar-refractivity contribution in [2.45, 2.75) is 46.4 Å². The van der Waals surface area contributed by atoms with E-state index in [0.29, 0.717) is 18.5 Å². The highest BCUT2D eigenvalue weighted by molar-refractivity contribution is 5.56. The first kappa shape index (κ1) is 14.6. The number of nitrogens with one attached hydrogen (secondary N) is 1. The molecule has 1 aromatic carbocycles. The Bertz CT molecular complexity index is 547. The molecule has 0 saturated heterocycles. The summed E-state index contributed by atoms with van der Waals surface area (Å²) in [4.78, 5) is 4.49. The van der Waals surface area contributed by atoms with Crippen LogP contribution in [0.15, 0.2) is 34.9 Å². The van der Waals surface area contributed by atoms with Gasteiger partial charge in [-0.25, -0.2) is 4.98 Å². The summed E-state index contributed by atoms with van der Waals surface area (Å²) in [7, 11) is 0. The minimum atomic E-state index is 0.153. The maximum absolute atomic E-state index is 5.68. The molecule has 2 aromatic rings. The Hall–Kier alpha value is -1.81. The van der Waals surface area contributed by atoms with Crippen LogP contribution in [0.5, 0.6) is 5.75 Å². The molecule has 20 heavy (non-hydrogen) atoms. The molecule has 1 aromatic heterocycles. The number of rotatable bonds is 6. The number of hydrogen-bond acceptors (Lipinski definition) is 4. The third kappa shape index (κ3) is 4.10. The zero-order valence-corrected chi connectivity index (χ0v) is 12.5. The highest BCUT2D eigenvalue weighted by atomic mass is 16.5. The summed E-state index contributed by atoms with van der Waals surface area (Å²) in [5, 5.41) is 3.32.